The smallest absolute Gasteiger partial charge is 0.122 e. The molecule has 0 fully saturated rings. The Morgan fingerprint density at radius 1 is 1.38 bits per heavy atom. The molecule has 1 aromatic rings. The SMILES string of the molecule is Cc1cc(C#CCO)ccc1OCC(C)C. The van der Waals surface area contributed by atoms with E-state index in [1.54, 1.807) is 0 Å². The predicted octanol–water partition coefficient (Wildman–Crippen LogP) is 2.37. The zero-order chi connectivity index (χ0) is 12.0. The Morgan fingerprint density at radius 2 is 2.12 bits per heavy atom. The molecule has 0 aliphatic heterocycles. The van der Waals surface area contributed by atoms with Crippen molar-refractivity contribution in [2.45, 2.75) is 20.8 Å². The summed E-state index contributed by atoms with van der Waals surface area (Å²) in [7, 11) is 0. The van der Waals surface area contributed by atoms with Gasteiger partial charge >= 0.3 is 0 Å². The van der Waals surface area contributed by atoms with Gasteiger partial charge in [-0.05, 0) is 36.6 Å². The highest BCUT2D eigenvalue weighted by Gasteiger charge is 2.01. The van der Waals surface area contributed by atoms with Gasteiger partial charge in [-0.2, -0.15) is 0 Å². The number of rotatable bonds is 3. The van der Waals surface area contributed by atoms with Crippen LogP contribution in [0.5, 0.6) is 5.75 Å². The summed E-state index contributed by atoms with van der Waals surface area (Å²) in [4.78, 5) is 0. The van der Waals surface area contributed by atoms with Gasteiger partial charge in [-0.3, -0.25) is 0 Å². The third-order valence-corrected chi connectivity index (χ3v) is 2.06. The average molecular weight is 218 g/mol. The number of aliphatic hydroxyl groups excluding tert-OH is 1. The Hall–Kier alpha value is -1.46. The average Bonchev–Trinajstić information content (AvgIpc) is 2.24. The molecular weight excluding hydrogens is 200 g/mol. The quantitative estimate of drug-likeness (QED) is 0.789. The van der Waals surface area contributed by atoms with E-state index in [1.165, 1.54) is 0 Å². The summed E-state index contributed by atoms with van der Waals surface area (Å²) in [6.07, 6.45) is 0. The highest BCUT2D eigenvalue weighted by Crippen LogP contribution is 2.19. The largest absolute Gasteiger partial charge is 0.493 e. The molecule has 2 heteroatoms. The Kier molecular flexibility index (Phi) is 4.88. The molecule has 86 valence electrons. The first-order valence-electron chi connectivity index (χ1n) is 5.46. The molecule has 0 aliphatic carbocycles. The van der Waals surface area contributed by atoms with Crippen LogP contribution in [0.1, 0.15) is 25.0 Å². The van der Waals surface area contributed by atoms with Gasteiger partial charge in [0.05, 0.1) is 6.61 Å². The molecule has 0 spiro atoms. The molecule has 0 saturated heterocycles. The second-order valence-corrected chi connectivity index (χ2v) is 4.15. The molecule has 0 bridgehead atoms. The lowest BCUT2D eigenvalue weighted by Gasteiger charge is -2.11. The molecule has 0 aromatic heterocycles. The molecule has 0 radical (unpaired) electrons. The fourth-order valence-electron chi connectivity index (χ4n) is 1.29. The van der Waals surface area contributed by atoms with Crippen LogP contribution in [-0.4, -0.2) is 18.3 Å². The Balaban J connectivity index is 2.75. The third kappa shape index (κ3) is 3.96. The minimum absolute atomic E-state index is 0.106. The van der Waals surface area contributed by atoms with E-state index in [-0.39, 0.29) is 6.61 Å². The predicted molar refractivity (Wildman–Crippen MR) is 65.5 cm³/mol. The topological polar surface area (TPSA) is 29.5 Å². The van der Waals surface area contributed by atoms with Crippen molar-refractivity contribution in [3.8, 4) is 17.6 Å². The van der Waals surface area contributed by atoms with Crippen molar-refractivity contribution >= 4 is 0 Å². The maximum absolute atomic E-state index is 8.60. The lowest BCUT2D eigenvalue weighted by molar-refractivity contribution is 0.269. The van der Waals surface area contributed by atoms with Gasteiger partial charge in [0.1, 0.15) is 12.4 Å². The maximum Gasteiger partial charge on any atom is 0.122 e. The van der Waals surface area contributed by atoms with Crippen molar-refractivity contribution in [3.63, 3.8) is 0 Å². The van der Waals surface area contributed by atoms with E-state index < -0.39 is 0 Å². The van der Waals surface area contributed by atoms with Crippen LogP contribution in [-0.2, 0) is 0 Å². The van der Waals surface area contributed by atoms with E-state index in [4.69, 9.17) is 9.84 Å². The van der Waals surface area contributed by atoms with E-state index >= 15 is 0 Å². The van der Waals surface area contributed by atoms with Gasteiger partial charge in [0, 0.05) is 5.56 Å². The molecule has 1 rings (SSSR count). The molecule has 0 amide bonds. The van der Waals surface area contributed by atoms with Crippen molar-refractivity contribution in [3.05, 3.63) is 29.3 Å². The maximum atomic E-state index is 8.60. The lowest BCUT2D eigenvalue weighted by atomic mass is 10.1. The molecule has 16 heavy (non-hydrogen) atoms. The Morgan fingerprint density at radius 3 is 2.69 bits per heavy atom. The minimum atomic E-state index is -0.106. The van der Waals surface area contributed by atoms with Crippen LogP contribution in [0.4, 0.5) is 0 Å². The van der Waals surface area contributed by atoms with E-state index in [1.807, 2.05) is 25.1 Å². The van der Waals surface area contributed by atoms with Crippen molar-refractivity contribution < 1.29 is 9.84 Å². The molecule has 0 heterocycles. The fraction of sp³-hybridized carbons (Fsp3) is 0.429. The first-order chi connectivity index (χ1) is 7.63. The van der Waals surface area contributed by atoms with E-state index in [0.717, 1.165) is 23.5 Å². The number of hydrogen-bond acceptors (Lipinski definition) is 2. The lowest BCUT2D eigenvalue weighted by Crippen LogP contribution is -2.05. The molecule has 0 aliphatic rings. The van der Waals surface area contributed by atoms with Gasteiger partial charge in [0.25, 0.3) is 0 Å². The second-order valence-electron chi connectivity index (χ2n) is 4.15. The summed E-state index contributed by atoms with van der Waals surface area (Å²) >= 11 is 0. The van der Waals surface area contributed by atoms with E-state index in [2.05, 4.69) is 25.7 Å². The van der Waals surface area contributed by atoms with Crippen molar-refractivity contribution in [2.75, 3.05) is 13.2 Å². The van der Waals surface area contributed by atoms with Crippen molar-refractivity contribution in [2.24, 2.45) is 5.92 Å². The van der Waals surface area contributed by atoms with Crippen LogP contribution >= 0.6 is 0 Å². The molecular formula is C14H18O2. The Bertz CT molecular complexity index is 397. The zero-order valence-electron chi connectivity index (χ0n) is 10.1. The normalized spacial score (nSPS) is 9.81. The van der Waals surface area contributed by atoms with Gasteiger partial charge in [0.2, 0.25) is 0 Å². The molecule has 0 unspecified atom stereocenters. The summed E-state index contributed by atoms with van der Waals surface area (Å²) in [6, 6.07) is 5.81. The van der Waals surface area contributed by atoms with Gasteiger partial charge in [-0.15, -0.1) is 0 Å². The summed E-state index contributed by atoms with van der Waals surface area (Å²) < 4.78 is 5.66. The van der Waals surface area contributed by atoms with Crippen LogP contribution in [0.15, 0.2) is 18.2 Å². The van der Waals surface area contributed by atoms with Crippen LogP contribution in [0, 0.1) is 24.7 Å². The number of ether oxygens (including phenoxy) is 1. The first kappa shape index (κ1) is 12.6. The van der Waals surface area contributed by atoms with E-state index in [9.17, 15) is 0 Å². The third-order valence-electron chi connectivity index (χ3n) is 2.06. The van der Waals surface area contributed by atoms with E-state index in [0.29, 0.717) is 5.92 Å². The summed E-state index contributed by atoms with van der Waals surface area (Å²) in [5.41, 5.74) is 1.98. The Labute approximate surface area is 97.3 Å². The van der Waals surface area contributed by atoms with Crippen LogP contribution in [0.2, 0.25) is 0 Å². The molecule has 1 aromatic carbocycles. The standard InChI is InChI=1S/C14H18O2/c1-11(2)10-16-14-7-6-13(5-4-8-15)9-12(14)3/h6-7,9,11,15H,8,10H2,1-3H3. The number of aryl methyl sites for hydroxylation is 1. The summed E-state index contributed by atoms with van der Waals surface area (Å²) in [6.45, 7) is 6.86. The van der Waals surface area contributed by atoms with Crippen molar-refractivity contribution in [1.82, 2.24) is 0 Å². The van der Waals surface area contributed by atoms with Gasteiger partial charge in [0.15, 0.2) is 0 Å². The monoisotopic (exact) mass is 218 g/mol. The minimum Gasteiger partial charge on any atom is -0.493 e. The summed E-state index contributed by atoms with van der Waals surface area (Å²) in [5, 5.41) is 8.60. The first-order valence-corrected chi connectivity index (χ1v) is 5.46. The number of benzene rings is 1. The summed E-state index contributed by atoms with van der Waals surface area (Å²) in [5.74, 6) is 6.93. The highest BCUT2D eigenvalue weighted by atomic mass is 16.5. The van der Waals surface area contributed by atoms with Gasteiger partial charge in [-0.1, -0.05) is 25.7 Å². The fourth-order valence-corrected chi connectivity index (χ4v) is 1.29. The van der Waals surface area contributed by atoms with Crippen LogP contribution in [0.3, 0.4) is 0 Å². The van der Waals surface area contributed by atoms with Crippen LogP contribution < -0.4 is 4.74 Å². The molecule has 2 nitrogen and oxygen atoms in total. The van der Waals surface area contributed by atoms with Crippen LogP contribution in [0.25, 0.3) is 0 Å². The highest BCUT2D eigenvalue weighted by molar-refractivity contribution is 5.43. The second kappa shape index (κ2) is 6.19. The molecule has 0 saturated carbocycles. The number of aliphatic hydroxyl groups is 1. The van der Waals surface area contributed by atoms with Crippen molar-refractivity contribution in [1.29, 1.82) is 0 Å². The number of hydrogen-bond donors (Lipinski definition) is 1. The zero-order valence-corrected chi connectivity index (χ0v) is 10.1. The molecule has 0 atom stereocenters. The van der Waals surface area contributed by atoms with Gasteiger partial charge in [-0.25, -0.2) is 0 Å². The van der Waals surface area contributed by atoms with Gasteiger partial charge < -0.3 is 9.84 Å². The molecule has 1 N–H and O–H groups in total.